The van der Waals surface area contributed by atoms with Gasteiger partial charge in [0.15, 0.2) is 5.82 Å². The highest BCUT2D eigenvalue weighted by Crippen LogP contribution is 2.33. The lowest BCUT2D eigenvalue weighted by Crippen LogP contribution is -2.26. The SMILES string of the molecule is Cc1cc(Cl)ccc1Nc1c(C(=O)NOCC2CC2)cc2c(ncn2CCCC(C)CO)c1F. The van der Waals surface area contributed by atoms with Crippen molar-refractivity contribution in [2.75, 3.05) is 18.5 Å². The summed E-state index contributed by atoms with van der Waals surface area (Å²) in [6.07, 6.45) is 5.39. The second-order valence-corrected chi connectivity index (χ2v) is 9.56. The van der Waals surface area contributed by atoms with Crippen LogP contribution in [0.15, 0.2) is 30.6 Å². The number of hydroxylamine groups is 1. The van der Waals surface area contributed by atoms with E-state index in [0.717, 1.165) is 31.2 Å². The molecule has 0 aliphatic heterocycles. The van der Waals surface area contributed by atoms with Gasteiger partial charge in [0.2, 0.25) is 0 Å². The summed E-state index contributed by atoms with van der Waals surface area (Å²) >= 11 is 6.06. The first-order valence-corrected chi connectivity index (χ1v) is 12.0. The van der Waals surface area contributed by atoms with Crippen molar-refractivity contribution in [3.05, 3.63) is 52.6 Å². The van der Waals surface area contributed by atoms with Gasteiger partial charge in [0.1, 0.15) is 5.52 Å². The topological polar surface area (TPSA) is 88.4 Å². The zero-order valence-corrected chi connectivity index (χ0v) is 20.2. The molecule has 0 radical (unpaired) electrons. The van der Waals surface area contributed by atoms with Gasteiger partial charge in [-0.05, 0) is 74.3 Å². The molecule has 182 valence electrons. The van der Waals surface area contributed by atoms with Crippen LogP contribution in [0, 0.1) is 24.6 Å². The van der Waals surface area contributed by atoms with Gasteiger partial charge in [0.05, 0.1) is 29.7 Å². The minimum absolute atomic E-state index is 0.0320. The fourth-order valence-corrected chi connectivity index (χ4v) is 4.03. The molecule has 7 nitrogen and oxygen atoms in total. The number of hydrogen-bond donors (Lipinski definition) is 3. The largest absolute Gasteiger partial charge is 0.396 e. The van der Waals surface area contributed by atoms with Gasteiger partial charge in [0, 0.05) is 23.9 Å². The summed E-state index contributed by atoms with van der Waals surface area (Å²) in [5, 5.41) is 12.9. The molecule has 3 aromatic rings. The molecular weight excluding hydrogens is 459 g/mol. The van der Waals surface area contributed by atoms with Crippen LogP contribution in [0.1, 0.15) is 48.5 Å². The maximum atomic E-state index is 15.7. The number of amides is 1. The molecule has 0 spiro atoms. The second kappa shape index (κ2) is 10.7. The Morgan fingerprint density at radius 3 is 2.88 bits per heavy atom. The highest BCUT2D eigenvalue weighted by Gasteiger charge is 2.25. The first-order valence-electron chi connectivity index (χ1n) is 11.6. The third kappa shape index (κ3) is 5.68. The highest BCUT2D eigenvalue weighted by molar-refractivity contribution is 6.30. The number of rotatable bonds is 11. The second-order valence-electron chi connectivity index (χ2n) is 9.12. The van der Waals surface area contributed by atoms with Crippen LogP contribution < -0.4 is 10.8 Å². The van der Waals surface area contributed by atoms with Crippen molar-refractivity contribution in [3.63, 3.8) is 0 Å². The van der Waals surface area contributed by atoms with Crippen molar-refractivity contribution in [1.29, 1.82) is 0 Å². The summed E-state index contributed by atoms with van der Waals surface area (Å²) in [5.74, 6) is -0.481. The van der Waals surface area contributed by atoms with Gasteiger partial charge in [0.25, 0.3) is 5.91 Å². The predicted octanol–water partition coefficient (Wildman–Crippen LogP) is 5.36. The Labute approximate surface area is 203 Å². The lowest BCUT2D eigenvalue weighted by atomic mass is 10.1. The molecule has 34 heavy (non-hydrogen) atoms. The number of anilines is 2. The molecule has 0 bridgehead atoms. The molecule has 1 heterocycles. The van der Waals surface area contributed by atoms with Crippen molar-refractivity contribution in [3.8, 4) is 0 Å². The van der Waals surface area contributed by atoms with E-state index in [2.05, 4.69) is 15.8 Å². The summed E-state index contributed by atoms with van der Waals surface area (Å²) in [5.41, 5.74) is 4.78. The zero-order valence-electron chi connectivity index (χ0n) is 19.4. The molecule has 2 aromatic carbocycles. The van der Waals surface area contributed by atoms with Crippen LogP contribution in [0.2, 0.25) is 5.02 Å². The van der Waals surface area contributed by atoms with Crippen LogP contribution in [0.25, 0.3) is 11.0 Å². The number of imidazole rings is 1. The number of aliphatic hydroxyl groups excluding tert-OH is 1. The van der Waals surface area contributed by atoms with Gasteiger partial charge in [-0.2, -0.15) is 0 Å². The molecule has 1 amide bonds. The molecule has 1 aliphatic carbocycles. The average Bonchev–Trinajstić information content (AvgIpc) is 3.55. The molecule has 1 aliphatic rings. The van der Waals surface area contributed by atoms with Crippen LogP contribution in [0.3, 0.4) is 0 Å². The van der Waals surface area contributed by atoms with Gasteiger partial charge in [-0.15, -0.1) is 0 Å². The summed E-state index contributed by atoms with van der Waals surface area (Å²) < 4.78 is 17.6. The van der Waals surface area contributed by atoms with Gasteiger partial charge in [-0.3, -0.25) is 9.63 Å². The van der Waals surface area contributed by atoms with E-state index in [1.165, 1.54) is 0 Å². The summed E-state index contributed by atoms with van der Waals surface area (Å²) in [6.45, 7) is 5.00. The Hall–Kier alpha value is -2.68. The Bertz CT molecular complexity index is 1180. The van der Waals surface area contributed by atoms with Crippen molar-refractivity contribution in [1.82, 2.24) is 15.0 Å². The summed E-state index contributed by atoms with van der Waals surface area (Å²) in [6, 6.07) is 6.85. The van der Waals surface area contributed by atoms with Crippen LogP contribution >= 0.6 is 11.6 Å². The third-order valence-electron chi connectivity index (χ3n) is 6.14. The maximum absolute atomic E-state index is 15.7. The quantitative estimate of drug-likeness (QED) is 0.316. The summed E-state index contributed by atoms with van der Waals surface area (Å²) in [7, 11) is 0. The molecule has 4 rings (SSSR count). The number of hydrogen-bond acceptors (Lipinski definition) is 5. The number of aryl methyl sites for hydroxylation is 2. The van der Waals surface area contributed by atoms with Crippen molar-refractivity contribution >= 4 is 39.9 Å². The van der Waals surface area contributed by atoms with Crippen molar-refractivity contribution in [2.24, 2.45) is 11.8 Å². The van der Waals surface area contributed by atoms with E-state index in [4.69, 9.17) is 16.4 Å². The van der Waals surface area contributed by atoms with E-state index in [1.54, 1.807) is 30.6 Å². The number of fused-ring (bicyclic) bond motifs is 1. The number of nitrogens with one attached hydrogen (secondary N) is 2. The normalized spacial score (nSPS) is 14.4. The van der Waals surface area contributed by atoms with Gasteiger partial charge in [-0.25, -0.2) is 14.9 Å². The Morgan fingerprint density at radius 1 is 1.38 bits per heavy atom. The Balaban J connectivity index is 1.67. The van der Waals surface area contributed by atoms with E-state index in [1.807, 2.05) is 18.4 Å². The van der Waals surface area contributed by atoms with Gasteiger partial charge in [-0.1, -0.05) is 18.5 Å². The fraction of sp³-hybridized carbons (Fsp3) is 0.440. The molecule has 3 N–H and O–H groups in total. The first kappa shape index (κ1) is 24.4. The van der Waals surface area contributed by atoms with Crippen LogP contribution in [-0.2, 0) is 11.4 Å². The van der Waals surface area contributed by atoms with E-state index in [-0.39, 0.29) is 29.3 Å². The van der Waals surface area contributed by atoms with Crippen LogP contribution in [0.4, 0.5) is 15.8 Å². The number of aliphatic hydroxyl groups is 1. The fourth-order valence-electron chi connectivity index (χ4n) is 3.81. The van der Waals surface area contributed by atoms with E-state index in [9.17, 15) is 9.90 Å². The van der Waals surface area contributed by atoms with E-state index in [0.29, 0.717) is 35.3 Å². The zero-order chi connectivity index (χ0) is 24.2. The smallest absolute Gasteiger partial charge is 0.277 e. The van der Waals surface area contributed by atoms with Crippen molar-refractivity contribution < 1.29 is 19.1 Å². The number of aromatic nitrogens is 2. The van der Waals surface area contributed by atoms with Gasteiger partial charge >= 0.3 is 0 Å². The monoisotopic (exact) mass is 488 g/mol. The highest BCUT2D eigenvalue weighted by atomic mass is 35.5. The Kier molecular flexibility index (Phi) is 7.70. The molecule has 0 saturated heterocycles. The van der Waals surface area contributed by atoms with Crippen LogP contribution in [-0.4, -0.2) is 33.8 Å². The van der Waals surface area contributed by atoms with Crippen molar-refractivity contribution in [2.45, 2.75) is 46.1 Å². The van der Waals surface area contributed by atoms with Crippen LogP contribution in [0.5, 0.6) is 0 Å². The number of benzene rings is 2. The minimum Gasteiger partial charge on any atom is -0.396 e. The van der Waals surface area contributed by atoms with E-state index >= 15 is 4.39 Å². The molecule has 1 unspecified atom stereocenters. The molecule has 1 fully saturated rings. The lowest BCUT2D eigenvalue weighted by molar-refractivity contribution is 0.0271. The summed E-state index contributed by atoms with van der Waals surface area (Å²) in [4.78, 5) is 22.7. The lowest BCUT2D eigenvalue weighted by Gasteiger charge is -2.16. The average molecular weight is 489 g/mol. The number of carbonyl (C=O) groups excluding carboxylic acids is 1. The molecular formula is C25H30ClFN4O3. The minimum atomic E-state index is -0.610. The van der Waals surface area contributed by atoms with Gasteiger partial charge < -0.3 is 15.0 Å². The standard InChI is InChI=1S/C25H30ClFN4O3/c1-15(12-32)4-3-9-31-14-28-24-21(31)11-19(25(33)30-34-13-17-5-6-17)23(22(24)27)29-20-8-7-18(26)10-16(20)2/h7-8,10-11,14-15,17,29,32H,3-6,9,12-13H2,1-2H3,(H,30,33). The first-order chi connectivity index (χ1) is 16.4. The number of carbonyl (C=O) groups is 1. The maximum Gasteiger partial charge on any atom is 0.277 e. The predicted molar refractivity (Wildman–Crippen MR) is 131 cm³/mol. The molecule has 1 atom stereocenters. The van der Waals surface area contributed by atoms with E-state index < -0.39 is 11.7 Å². The molecule has 9 heteroatoms. The third-order valence-corrected chi connectivity index (χ3v) is 6.37. The Morgan fingerprint density at radius 2 is 2.18 bits per heavy atom. The molecule has 1 saturated carbocycles. The number of nitrogens with zero attached hydrogens (tertiary/aromatic N) is 2. The molecule has 1 aromatic heterocycles. The number of halogens is 2.